The summed E-state index contributed by atoms with van der Waals surface area (Å²) in [5.74, 6) is 1.51. The maximum absolute atomic E-state index is 12.5. The number of anilines is 1. The van der Waals surface area contributed by atoms with Gasteiger partial charge in [-0.25, -0.2) is 15.0 Å². The fraction of sp³-hybridized carbons (Fsp3) is 0.438. The Bertz CT molecular complexity index is 887. The summed E-state index contributed by atoms with van der Waals surface area (Å²) in [5.41, 5.74) is 2.28. The molecule has 3 aromatic heterocycles. The summed E-state index contributed by atoms with van der Waals surface area (Å²) in [5, 5.41) is 3.83. The van der Waals surface area contributed by atoms with E-state index in [2.05, 4.69) is 30.0 Å². The number of amides is 1. The van der Waals surface area contributed by atoms with E-state index in [1.165, 1.54) is 6.33 Å². The summed E-state index contributed by atoms with van der Waals surface area (Å²) >= 11 is 0. The van der Waals surface area contributed by atoms with Crippen molar-refractivity contribution in [1.82, 2.24) is 30.0 Å². The molecule has 0 bridgehead atoms. The third-order valence-electron chi connectivity index (χ3n) is 4.35. The first kappa shape index (κ1) is 15.6. The highest BCUT2D eigenvalue weighted by Gasteiger charge is 2.22. The zero-order chi connectivity index (χ0) is 17.2. The number of imidazole rings is 1. The number of hydrogen-bond donors (Lipinski definition) is 1. The van der Waals surface area contributed by atoms with Crippen LogP contribution in [0.2, 0.25) is 0 Å². The minimum Gasteiger partial charge on any atom is -0.361 e. The molecule has 25 heavy (non-hydrogen) atoms. The van der Waals surface area contributed by atoms with Crippen molar-refractivity contribution in [3.8, 4) is 0 Å². The van der Waals surface area contributed by atoms with Gasteiger partial charge in [0, 0.05) is 32.2 Å². The molecule has 0 radical (unpaired) electrons. The first-order chi connectivity index (χ1) is 12.2. The smallest absolute Gasteiger partial charge is 0.230 e. The summed E-state index contributed by atoms with van der Waals surface area (Å²) in [4.78, 5) is 32.4. The predicted molar refractivity (Wildman–Crippen MR) is 90.0 cm³/mol. The van der Waals surface area contributed by atoms with E-state index in [4.69, 9.17) is 4.52 Å². The van der Waals surface area contributed by atoms with Crippen LogP contribution >= 0.6 is 0 Å². The van der Waals surface area contributed by atoms with Gasteiger partial charge in [0.2, 0.25) is 5.91 Å². The zero-order valence-electron chi connectivity index (χ0n) is 14.0. The van der Waals surface area contributed by atoms with E-state index in [1.807, 2.05) is 11.8 Å². The van der Waals surface area contributed by atoms with Crippen LogP contribution in [0, 0.1) is 6.92 Å². The van der Waals surface area contributed by atoms with E-state index in [1.54, 1.807) is 12.4 Å². The molecule has 3 aromatic rings. The molecule has 0 aromatic carbocycles. The monoisotopic (exact) mass is 341 g/mol. The van der Waals surface area contributed by atoms with E-state index in [0.717, 1.165) is 36.5 Å². The van der Waals surface area contributed by atoms with E-state index in [-0.39, 0.29) is 12.3 Å². The molecule has 4 heterocycles. The second-order valence-electron chi connectivity index (χ2n) is 6.13. The number of nitrogens with one attached hydrogen (secondary N) is 1. The van der Waals surface area contributed by atoms with Crippen LogP contribution in [0.1, 0.15) is 17.9 Å². The Morgan fingerprint density at radius 2 is 2.16 bits per heavy atom. The summed E-state index contributed by atoms with van der Waals surface area (Å²) in [6.45, 7) is 4.76. The van der Waals surface area contributed by atoms with Crippen molar-refractivity contribution < 1.29 is 9.32 Å². The highest BCUT2D eigenvalue weighted by atomic mass is 16.5. The number of rotatable bonds is 3. The molecule has 0 unspecified atom stereocenters. The van der Waals surface area contributed by atoms with Crippen LogP contribution in [0.4, 0.5) is 5.82 Å². The van der Waals surface area contributed by atoms with Gasteiger partial charge in [-0.05, 0) is 13.3 Å². The van der Waals surface area contributed by atoms with Crippen LogP contribution in [-0.4, -0.2) is 62.1 Å². The Labute approximate surface area is 144 Å². The Hall–Kier alpha value is -2.97. The Morgan fingerprint density at radius 1 is 1.24 bits per heavy atom. The number of nitrogens with zero attached hydrogens (tertiary/aromatic N) is 6. The number of carbonyl (C=O) groups is 1. The molecule has 1 saturated heterocycles. The van der Waals surface area contributed by atoms with Crippen LogP contribution in [0.3, 0.4) is 0 Å². The molecule has 4 rings (SSSR count). The van der Waals surface area contributed by atoms with Crippen molar-refractivity contribution in [1.29, 1.82) is 0 Å². The van der Waals surface area contributed by atoms with Crippen LogP contribution in [0.5, 0.6) is 0 Å². The van der Waals surface area contributed by atoms with Crippen LogP contribution in [0.15, 0.2) is 23.2 Å². The van der Waals surface area contributed by atoms with Gasteiger partial charge < -0.3 is 19.3 Å². The lowest BCUT2D eigenvalue weighted by molar-refractivity contribution is -0.130. The lowest BCUT2D eigenvalue weighted by atomic mass is 10.2. The summed E-state index contributed by atoms with van der Waals surface area (Å²) < 4.78 is 5.15. The number of aryl methyl sites for hydroxylation is 1. The largest absolute Gasteiger partial charge is 0.361 e. The fourth-order valence-corrected chi connectivity index (χ4v) is 3.13. The van der Waals surface area contributed by atoms with Gasteiger partial charge in [0.15, 0.2) is 11.5 Å². The number of hydrogen-bond acceptors (Lipinski definition) is 7. The topological polar surface area (TPSA) is 104 Å². The highest BCUT2D eigenvalue weighted by molar-refractivity contribution is 5.83. The molecular weight excluding hydrogens is 322 g/mol. The third kappa shape index (κ3) is 3.17. The molecule has 1 fully saturated rings. The first-order valence-corrected chi connectivity index (χ1v) is 8.30. The van der Waals surface area contributed by atoms with Crippen molar-refractivity contribution in [3.05, 3.63) is 30.2 Å². The van der Waals surface area contributed by atoms with Crippen LogP contribution in [-0.2, 0) is 11.2 Å². The van der Waals surface area contributed by atoms with Crippen molar-refractivity contribution >= 4 is 22.9 Å². The minimum absolute atomic E-state index is 0.0624. The summed E-state index contributed by atoms with van der Waals surface area (Å²) in [7, 11) is 0. The molecule has 0 saturated carbocycles. The van der Waals surface area contributed by atoms with E-state index >= 15 is 0 Å². The number of aromatic amines is 1. The van der Waals surface area contributed by atoms with Gasteiger partial charge in [-0.15, -0.1) is 0 Å². The average Bonchev–Trinajstić information content (AvgIpc) is 3.16. The van der Waals surface area contributed by atoms with E-state index in [9.17, 15) is 4.79 Å². The van der Waals surface area contributed by atoms with Crippen molar-refractivity contribution in [2.45, 2.75) is 19.8 Å². The van der Waals surface area contributed by atoms with Crippen molar-refractivity contribution in [2.75, 3.05) is 31.1 Å². The minimum atomic E-state index is 0.0624. The second kappa shape index (κ2) is 6.50. The highest BCUT2D eigenvalue weighted by Crippen LogP contribution is 2.21. The lowest BCUT2D eigenvalue weighted by Crippen LogP contribution is -2.36. The van der Waals surface area contributed by atoms with E-state index in [0.29, 0.717) is 24.5 Å². The van der Waals surface area contributed by atoms with Gasteiger partial charge in [0.1, 0.15) is 17.6 Å². The maximum Gasteiger partial charge on any atom is 0.230 e. The maximum atomic E-state index is 12.5. The van der Waals surface area contributed by atoms with Gasteiger partial charge in [-0.3, -0.25) is 4.79 Å². The molecular formula is C16H19N7O2. The average molecular weight is 341 g/mol. The van der Waals surface area contributed by atoms with Crippen molar-refractivity contribution in [2.24, 2.45) is 0 Å². The molecule has 0 atom stereocenters. The van der Waals surface area contributed by atoms with Gasteiger partial charge in [0.25, 0.3) is 0 Å². The predicted octanol–water partition coefficient (Wildman–Crippen LogP) is 0.931. The molecule has 1 N–H and O–H groups in total. The van der Waals surface area contributed by atoms with Crippen LogP contribution in [0.25, 0.3) is 11.2 Å². The standard InChI is InChI=1S/C16H19N7O2/c1-11-7-12(25-21-11)8-13(24)22-3-2-4-23(6-5-22)16-14-15(18-9-17-14)19-10-20-16/h7,9-10H,2-6,8H2,1H3,(H,17,18,19,20). The van der Waals surface area contributed by atoms with E-state index < -0.39 is 0 Å². The molecule has 0 spiro atoms. The van der Waals surface area contributed by atoms with Crippen molar-refractivity contribution in [3.63, 3.8) is 0 Å². The Balaban J connectivity index is 1.45. The zero-order valence-corrected chi connectivity index (χ0v) is 14.0. The first-order valence-electron chi connectivity index (χ1n) is 8.30. The third-order valence-corrected chi connectivity index (χ3v) is 4.35. The van der Waals surface area contributed by atoms with Gasteiger partial charge in [0.05, 0.1) is 18.4 Å². The van der Waals surface area contributed by atoms with Crippen LogP contribution < -0.4 is 4.90 Å². The molecule has 1 aliphatic heterocycles. The van der Waals surface area contributed by atoms with Gasteiger partial charge >= 0.3 is 0 Å². The molecule has 9 nitrogen and oxygen atoms in total. The number of carbonyl (C=O) groups excluding carboxylic acids is 1. The van der Waals surface area contributed by atoms with Gasteiger partial charge in [-0.1, -0.05) is 5.16 Å². The lowest BCUT2D eigenvalue weighted by Gasteiger charge is -2.22. The molecule has 9 heteroatoms. The Morgan fingerprint density at radius 3 is 3.00 bits per heavy atom. The molecule has 130 valence electrons. The molecule has 0 aliphatic carbocycles. The number of fused-ring (bicyclic) bond motifs is 1. The second-order valence-corrected chi connectivity index (χ2v) is 6.13. The SMILES string of the molecule is Cc1cc(CC(=O)N2CCCN(c3ncnc4nc[nH]c34)CC2)on1. The number of aromatic nitrogens is 5. The summed E-state index contributed by atoms with van der Waals surface area (Å²) in [6, 6.07) is 1.80. The quantitative estimate of drug-likeness (QED) is 0.755. The number of H-pyrrole nitrogens is 1. The molecule has 1 aliphatic rings. The fourth-order valence-electron chi connectivity index (χ4n) is 3.13. The molecule has 1 amide bonds. The normalized spacial score (nSPS) is 15.6. The van der Waals surface area contributed by atoms with Gasteiger partial charge in [-0.2, -0.15) is 0 Å². The Kier molecular flexibility index (Phi) is 4.04. The summed E-state index contributed by atoms with van der Waals surface area (Å²) in [6.07, 6.45) is 4.27.